The van der Waals surface area contributed by atoms with Crippen molar-refractivity contribution in [3.8, 4) is 0 Å². The van der Waals surface area contributed by atoms with Gasteiger partial charge in [0.15, 0.2) is 5.78 Å². The predicted molar refractivity (Wildman–Crippen MR) is 57.0 cm³/mol. The van der Waals surface area contributed by atoms with Crippen LogP contribution in [0.3, 0.4) is 0 Å². The Morgan fingerprint density at radius 1 is 1.31 bits per heavy atom. The SMILES string of the molecule is C=CC(=O)C(C)CC(CCC(=O)O)C(=O)O. The van der Waals surface area contributed by atoms with Crippen LogP contribution in [0.1, 0.15) is 26.2 Å². The summed E-state index contributed by atoms with van der Waals surface area (Å²) >= 11 is 0. The molecule has 2 atom stereocenters. The number of carbonyl (C=O) groups is 3. The molecule has 5 nitrogen and oxygen atoms in total. The third-order valence-corrected chi connectivity index (χ3v) is 2.38. The number of aliphatic carboxylic acids is 2. The zero-order chi connectivity index (χ0) is 12.7. The molecule has 0 bridgehead atoms. The molecule has 0 aliphatic carbocycles. The van der Waals surface area contributed by atoms with Crippen molar-refractivity contribution >= 4 is 17.7 Å². The van der Waals surface area contributed by atoms with E-state index < -0.39 is 23.8 Å². The third-order valence-electron chi connectivity index (χ3n) is 2.38. The second-order valence-corrected chi connectivity index (χ2v) is 3.71. The number of carboxylic acids is 2. The molecule has 0 aliphatic heterocycles. The molecule has 2 unspecified atom stereocenters. The molecule has 0 aromatic carbocycles. The van der Waals surface area contributed by atoms with Crippen molar-refractivity contribution in [3.05, 3.63) is 12.7 Å². The monoisotopic (exact) mass is 228 g/mol. The van der Waals surface area contributed by atoms with E-state index in [1.165, 1.54) is 0 Å². The van der Waals surface area contributed by atoms with Gasteiger partial charge in [-0.25, -0.2) is 0 Å². The molecule has 0 aliphatic rings. The van der Waals surface area contributed by atoms with Crippen molar-refractivity contribution < 1.29 is 24.6 Å². The number of carbonyl (C=O) groups excluding carboxylic acids is 1. The highest BCUT2D eigenvalue weighted by atomic mass is 16.4. The Labute approximate surface area is 93.8 Å². The van der Waals surface area contributed by atoms with Crippen LogP contribution in [-0.2, 0) is 14.4 Å². The second-order valence-electron chi connectivity index (χ2n) is 3.71. The lowest BCUT2D eigenvalue weighted by molar-refractivity contribution is -0.143. The van der Waals surface area contributed by atoms with Gasteiger partial charge < -0.3 is 10.2 Å². The fraction of sp³-hybridized carbons (Fsp3) is 0.545. The first kappa shape index (κ1) is 14.3. The highest BCUT2D eigenvalue weighted by Crippen LogP contribution is 2.18. The fourth-order valence-corrected chi connectivity index (χ4v) is 1.38. The van der Waals surface area contributed by atoms with Gasteiger partial charge in [-0.3, -0.25) is 14.4 Å². The number of carboxylic acid groups (broad SMARTS) is 2. The molecule has 0 aromatic rings. The number of hydrogen-bond donors (Lipinski definition) is 2. The number of allylic oxidation sites excluding steroid dienone is 1. The first-order valence-electron chi connectivity index (χ1n) is 4.99. The average Bonchev–Trinajstić information content (AvgIpc) is 2.21. The topological polar surface area (TPSA) is 91.7 Å². The molecule has 90 valence electrons. The number of rotatable bonds is 8. The van der Waals surface area contributed by atoms with Crippen molar-refractivity contribution in [2.45, 2.75) is 26.2 Å². The van der Waals surface area contributed by atoms with E-state index in [4.69, 9.17) is 10.2 Å². The lowest BCUT2D eigenvalue weighted by Gasteiger charge is -2.14. The van der Waals surface area contributed by atoms with Gasteiger partial charge in [0.1, 0.15) is 0 Å². The van der Waals surface area contributed by atoms with Gasteiger partial charge >= 0.3 is 11.9 Å². The van der Waals surface area contributed by atoms with Gasteiger partial charge in [-0.15, -0.1) is 0 Å². The van der Waals surface area contributed by atoms with Gasteiger partial charge in [0, 0.05) is 12.3 Å². The van der Waals surface area contributed by atoms with Crippen LogP contribution in [0.2, 0.25) is 0 Å². The normalized spacial score (nSPS) is 13.8. The van der Waals surface area contributed by atoms with E-state index in [1.807, 2.05) is 0 Å². The molecule has 0 saturated heterocycles. The van der Waals surface area contributed by atoms with Crippen LogP contribution in [-0.4, -0.2) is 27.9 Å². The van der Waals surface area contributed by atoms with Crippen molar-refractivity contribution in [1.29, 1.82) is 0 Å². The van der Waals surface area contributed by atoms with Gasteiger partial charge in [0.25, 0.3) is 0 Å². The minimum atomic E-state index is -1.06. The maximum Gasteiger partial charge on any atom is 0.306 e. The largest absolute Gasteiger partial charge is 0.481 e. The summed E-state index contributed by atoms with van der Waals surface area (Å²) in [6, 6.07) is 0. The first-order chi connectivity index (χ1) is 7.38. The highest BCUT2D eigenvalue weighted by molar-refractivity contribution is 5.91. The van der Waals surface area contributed by atoms with Crippen molar-refractivity contribution in [2.75, 3.05) is 0 Å². The summed E-state index contributed by atoms with van der Waals surface area (Å²) in [5, 5.41) is 17.3. The van der Waals surface area contributed by atoms with E-state index in [0.29, 0.717) is 0 Å². The molecule has 2 N–H and O–H groups in total. The van der Waals surface area contributed by atoms with Gasteiger partial charge in [0.2, 0.25) is 0 Å². The standard InChI is InChI=1S/C11H16O5/c1-3-9(12)7(2)6-8(11(15)16)4-5-10(13)14/h3,7-8H,1,4-6H2,2H3,(H,13,14)(H,15,16). The molecule has 5 heteroatoms. The molecule has 0 radical (unpaired) electrons. The fourth-order valence-electron chi connectivity index (χ4n) is 1.38. The summed E-state index contributed by atoms with van der Waals surface area (Å²) in [5.74, 6) is -3.55. The highest BCUT2D eigenvalue weighted by Gasteiger charge is 2.23. The second kappa shape index (κ2) is 6.76. The summed E-state index contributed by atoms with van der Waals surface area (Å²) in [5.41, 5.74) is 0. The van der Waals surface area contributed by atoms with Crippen LogP contribution in [0.15, 0.2) is 12.7 Å². The molecule has 0 fully saturated rings. The third kappa shape index (κ3) is 5.29. The van der Waals surface area contributed by atoms with Gasteiger partial charge in [-0.1, -0.05) is 13.5 Å². The molecule has 0 rings (SSSR count). The molecule has 0 aromatic heterocycles. The lowest BCUT2D eigenvalue weighted by Crippen LogP contribution is -2.21. The van der Waals surface area contributed by atoms with E-state index in [0.717, 1.165) is 6.08 Å². The van der Waals surface area contributed by atoms with Crippen LogP contribution in [0.25, 0.3) is 0 Å². The smallest absolute Gasteiger partial charge is 0.306 e. The van der Waals surface area contributed by atoms with Crippen molar-refractivity contribution in [3.63, 3.8) is 0 Å². The lowest BCUT2D eigenvalue weighted by atomic mass is 9.89. The summed E-state index contributed by atoms with van der Waals surface area (Å²) < 4.78 is 0. The summed E-state index contributed by atoms with van der Waals surface area (Å²) in [6.45, 7) is 4.93. The number of hydrogen-bond acceptors (Lipinski definition) is 3. The van der Waals surface area contributed by atoms with E-state index >= 15 is 0 Å². The Morgan fingerprint density at radius 2 is 1.88 bits per heavy atom. The first-order valence-corrected chi connectivity index (χ1v) is 4.99. The van der Waals surface area contributed by atoms with Gasteiger partial charge in [-0.05, 0) is 18.9 Å². The Morgan fingerprint density at radius 3 is 2.25 bits per heavy atom. The minimum Gasteiger partial charge on any atom is -0.481 e. The summed E-state index contributed by atoms with van der Waals surface area (Å²) in [4.78, 5) is 32.3. The molecule has 16 heavy (non-hydrogen) atoms. The molecule has 0 saturated carbocycles. The Hall–Kier alpha value is -1.65. The number of ketones is 1. The maximum atomic E-state index is 11.2. The van der Waals surface area contributed by atoms with E-state index in [2.05, 4.69) is 6.58 Å². The van der Waals surface area contributed by atoms with E-state index in [-0.39, 0.29) is 25.0 Å². The van der Waals surface area contributed by atoms with Crippen LogP contribution < -0.4 is 0 Å². The minimum absolute atomic E-state index is 0.0411. The van der Waals surface area contributed by atoms with Gasteiger partial charge in [-0.2, -0.15) is 0 Å². The molecule has 0 heterocycles. The average molecular weight is 228 g/mol. The zero-order valence-corrected chi connectivity index (χ0v) is 9.18. The Balaban J connectivity index is 4.33. The zero-order valence-electron chi connectivity index (χ0n) is 9.18. The quantitative estimate of drug-likeness (QED) is 0.611. The molecule has 0 amide bonds. The summed E-state index contributed by atoms with van der Waals surface area (Å²) in [7, 11) is 0. The molecular weight excluding hydrogens is 212 g/mol. The van der Waals surface area contributed by atoms with Crippen molar-refractivity contribution in [2.24, 2.45) is 11.8 Å². The Kier molecular flexibility index (Phi) is 6.07. The van der Waals surface area contributed by atoms with E-state index in [1.54, 1.807) is 6.92 Å². The predicted octanol–water partition coefficient (Wildman–Crippen LogP) is 1.33. The van der Waals surface area contributed by atoms with Crippen LogP contribution in [0.4, 0.5) is 0 Å². The van der Waals surface area contributed by atoms with E-state index in [9.17, 15) is 14.4 Å². The van der Waals surface area contributed by atoms with Crippen LogP contribution in [0.5, 0.6) is 0 Å². The van der Waals surface area contributed by atoms with Gasteiger partial charge in [0.05, 0.1) is 5.92 Å². The molecule has 0 spiro atoms. The Bertz CT molecular complexity index is 295. The maximum absolute atomic E-state index is 11.2. The van der Waals surface area contributed by atoms with Crippen LogP contribution >= 0.6 is 0 Å². The van der Waals surface area contributed by atoms with Crippen LogP contribution in [0, 0.1) is 11.8 Å². The summed E-state index contributed by atoms with van der Waals surface area (Å²) in [6.07, 6.45) is 1.14. The molecular formula is C11H16O5. The van der Waals surface area contributed by atoms with Crippen molar-refractivity contribution in [1.82, 2.24) is 0 Å².